The van der Waals surface area contributed by atoms with E-state index in [0.29, 0.717) is 13.1 Å². The predicted molar refractivity (Wildman–Crippen MR) is 66.7 cm³/mol. The molecule has 0 radical (unpaired) electrons. The van der Waals surface area contributed by atoms with Gasteiger partial charge in [0.15, 0.2) is 0 Å². The number of nitrogens with one attached hydrogen (secondary N) is 1. The molecule has 0 aliphatic carbocycles. The third kappa shape index (κ3) is 2.48. The summed E-state index contributed by atoms with van der Waals surface area (Å²) in [6.45, 7) is 6.34. The predicted octanol–water partition coefficient (Wildman–Crippen LogP) is -1.05. The monoisotopic (exact) mass is 262 g/mol. The van der Waals surface area contributed by atoms with E-state index in [0.717, 1.165) is 19.5 Å². The first-order valence-electron chi connectivity index (χ1n) is 6.18. The van der Waals surface area contributed by atoms with Crippen molar-refractivity contribution < 1.29 is 8.42 Å². The van der Waals surface area contributed by atoms with Crippen LogP contribution in [0.15, 0.2) is 0 Å². The highest BCUT2D eigenvalue weighted by Crippen LogP contribution is 2.22. The first kappa shape index (κ1) is 13.2. The van der Waals surface area contributed by atoms with Gasteiger partial charge in [0.2, 0.25) is 0 Å². The van der Waals surface area contributed by atoms with Gasteiger partial charge in [-0.15, -0.1) is 0 Å². The molecule has 17 heavy (non-hydrogen) atoms. The van der Waals surface area contributed by atoms with Crippen molar-refractivity contribution in [3.8, 4) is 0 Å². The zero-order valence-electron chi connectivity index (χ0n) is 10.5. The molecule has 3 N–H and O–H groups in total. The number of rotatable bonds is 4. The molecule has 2 aliphatic rings. The Morgan fingerprint density at radius 1 is 1.41 bits per heavy atom. The van der Waals surface area contributed by atoms with Crippen LogP contribution in [-0.2, 0) is 10.2 Å². The average Bonchev–Trinajstić information content (AvgIpc) is 2.57. The summed E-state index contributed by atoms with van der Waals surface area (Å²) in [4.78, 5) is 0. The van der Waals surface area contributed by atoms with E-state index in [4.69, 9.17) is 5.73 Å². The summed E-state index contributed by atoms with van der Waals surface area (Å²) in [5, 5.41) is 3.12. The van der Waals surface area contributed by atoms with Crippen molar-refractivity contribution in [1.82, 2.24) is 13.9 Å². The van der Waals surface area contributed by atoms with Crippen molar-refractivity contribution in [2.45, 2.75) is 38.4 Å². The Labute approximate surface area is 103 Å². The molecule has 0 saturated carbocycles. The van der Waals surface area contributed by atoms with E-state index in [-0.39, 0.29) is 18.1 Å². The summed E-state index contributed by atoms with van der Waals surface area (Å²) < 4.78 is 28.2. The second-order valence-electron chi connectivity index (χ2n) is 5.15. The molecule has 2 fully saturated rings. The number of nitrogens with two attached hydrogens (primary N) is 1. The van der Waals surface area contributed by atoms with Crippen LogP contribution < -0.4 is 11.1 Å². The summed E-state index contributed by atoms with van der Waals surface area (Å²) in [5.41, 5.74) is 5.78. The Hall–Kier alpha value is -0.210. The first-order chi connectivity index (χ1) is 7.93. The summed E-state index contributed by atoms with van der Waals surface area (Å²) in [5.74, 6) is 0. The molecule has 0 aromatic heterocycles. The minimum absolute atomic E-state index is 0.0103. The van der Waals surface area contributed by atoms with E-state index in [1.165, 1.54) is 4.31 Å². The maximum atomic E-state index is 12.5. The zero-order chi connectivity index (χ0) is 12.6. The SMILES string of the molecule is CC(C)N(C1CNC1)S(=O)(=O)N1CCC(N)C1. The molecule has 0 amide bonds. The van der Waals surface area contributed by atoms with Gasteiger partial charge < -0.3 is 11.1 Å². The van der Waals surface area contributed by atoms with Gasteiger partial charge in [0.25, 0.3) is 10.2 Å². The molecule has 100 valence electrons. The first-order valence-corrected chi connectivity index (χ1v) is 7.57. The van der Waals surface area contributed by atoms with Gasteiger partial charge in [-0.2, -0.15) is 17.0 Å². The number of nitrogens with zero attached hydrogens (tertiary/aromatic N) is 2. The molecule has 7 heteroatoms. The third-order valence-corrected chi connectivity index (χ3v) is 5.65. The number of hydrogen-bond donors (Lipinski definition) is 2. The molecule has 2 aliphatic heterocycles. The lowest BCUT2D eigenvalue weighted by atomic mass is 10.1. The molecular weight excluding hydrogens is 240 g/mol. The normalized spacial score (nSPS) is 27.9. The fraction of sp³-hybridized carbons (Fsp3) is 1.00. The van der Waals surface area contributed by atoms with Crippen LogP contribution in [0.3, 0.4) is 0 Å². The Balaban J connectivity index is 2.16. The summed E-state index contributed by atoms with van der Waals surface area (Å²) in [6.07, 6.45) is 0.758. The molecular formula is C10H22N4O2S. The Morgan fingerprint density at radius 2 is 2.06 bits per heavy atom. The standard InChI is InChI=1S/C10H22N4O2S/c1-8(2)14(10-5-12-6-10)17(15,16)13-4-3-9(11)7-13/h8-10,12H,3-7,11H2,1-2H3. The van der Waals surface area contributed by atoms with Crippen LogP contribution in [0.4, 0.5) is 0 Å². The highest BCUT2D eigenvalue weighted by Gasteiger charge is 2.41. The van der Waals surface area contributed by atoms with Crippen LogP contribution in [0, 0.1) is 0 Å². The highest BCUT2D eigenvalue weighted by atomic mass is 32.2. The van der Waals surface area contributed by atoms with Crippen molar-refractivity contribution in [2.24, 2.45) is 5.73 Å². The van der Waals surface area contributed by atoms with Crippen molar-refractivity contribution >= 4 is 10.2 Å². The van der Waals surface area contributed by atoms with Crippen molar-refractivity contribution in [2.75, 3.05) is 26.2 Å². The molecule has 0 aromatic carbocycles. The Bertz CT molecular complexity index is 367. The molecule has 1 unspecified atom stereocenters. The molecule has 6 nitrogen and oxygen atoms in total. The summed E-state index contributed by atoms with van der Waals surface area (Å²) in [6, 6.07) is 0.0686. The van der Waals surface area contributed by atoms with E-state index in [1.807, 2.05) is 13.8 Å². The van der Waals surface area contributed by atoms with E-state index >= 15 is 0 Å². The van der Waals surface area contributed by atoms with Crippen LogP contribution in [0.1, 0.15) is 20.3 Å². The quantitative estimate of drug-likeness (QED) is 0.677. The Morgan fingerprint density at radius 3 is 2.41 bits per heavy atom. The molecule has 0 aromatic rings. The molecule has 0 bridgehead atoms. The van der Waals surface area contributed by atoms with Gasteiger partial charge in [0.05, 0.1) is 6.04 Å². The van der Waals surface area contributed by atoms with Gasteiger partial charge in [-0.05, 0) is 20.3 Å². The van der Waals surface area contributed by atoms with E-state index in [2.05, 4.69) is 5.32 Å². The van der Waals surface area contributed by atoms with Gasteiger partial charge >= 0.3 is 0 Å². The summed E-state index contributed by atoms with van der Waals surface area (Å²) in [7, 11) is -3.35. The fourth-order valence-electron chi connectivity index (χ4n) is 2.43. The smallest absolute Gasteiger partial charge is 0.282 e. The van der Waals surface area contributed by atoms with Crippen molar-refractivity contribution in [3.05, 3.63) is 0 Å². The molecule has 2 heterocycles. The second kappa shape index (κ2) is 4.81. The summed E-state index contributed by atoms with van der Waals surface area (Å²) >= 11 is 0. The number of hydrogen-bond acceptors (Lipinski definition) is 4. The van der Waals surface area contributed by atoms with Crippen LogP contribution in [-0.4, -0.2) is 61.3 Å². The van der Waals surface area contributed by atoms with Gasteiger partial charge in [-0.3, -0.25) is 0 Å². The second-order valence-corrected chi connectivity index (χ2v) is 6.98. The highest BCUT2D eigenvalue weighted by molar-refractivity contribution is 7.86. The van der Waals surface area contributed by atoms with Crippen LogP contribution in [0.5, 0.6) is 0 Å². The molecule has 0 spiro atoms. The van der Waals surface area contributed by atoms with Crippen LogP contribution in [0.25, 0.3) is 0 Å². The lowest BCUT2D eigenvalue weighted by molar-refractivity contribution is 0.196. The van der Waals surface area contributed by atoms with Crippen LogP contribution in [0.2, 0.25) is 0 Å². The minimum atomic E-state index is -3.35. The lowest BCUT2D eigenvalue weighted by Gasteiger charge is -2.41. The third-order valence-electron chi connectivity index (χ3n) is 3.41. The van der Waals surface area contributed by atoms with E-state index in [9.17, 15) is 8.42 Å². The average molecular weight is 262 g/mol. The largest absolute Gasteiger partial charge is 0.326 e. The zero-order valence-corrected chi connectivity index (χ0v) is 11.3. The minimum Gasteiger partial charge on any atom is -0.326 e. The van der Waals surface area contributed by atoms with Gasteiger partial charge in [0.1, 0.15) is 0 Å². The topological polar surface area (TPSA) is 78.7 Å². The van der Waals surface area contributed by atoms with Gasteiger partial charge in [-0.1, -0.05) is 0 Å². The maximum Gasteiger partial charge on any atom is 0.282 e. The molecule has 2 saturated heterocycles. The lowest BCUT2D eigenvalue weighted by Crippen LogP contribution is -2.63. The maximum absolute atomic E-state index is 12.5. The Kier molecular flexibility index (Phi) is 3.74. The van der Waals surface area contributed by atoms with Gasteiger partial charge in [0, 0.05) is 38.3 Å². The fourth-order valence-corrected chi connectivity index (χ4v) is 4.47. The van der Waals surface area contributed by atoms with Crippen LogP contribution >= 0.6 is 0 Å². The van der Waals surface area contributed by atoms with Gasteiger partial charge in [-0.25, -0.2) is 0 Å². The molecule has 1 atom stereocenters. The van der Waals surface area contributed by atoms with E-state index in [1.54, 1.807) is 4.31 Å². The van der Waals surface area contributed by atoms with E-state index < -0.39 is 10.2 Å². The van der Waals surface area contributed by atoms with Crippen molar-refractivity contribution in [3.63, 3.8) is 0 Å². The molecule has 2 rings (SSSR count). The van der Waals surface area contributed by atoms with Crippen molar-refractivity contribution in [1.29, 1.82) is 0 Å².